The highest BCUT2D eigenvalue weighted by Gasteiger charge is 2.18. The molecule has 9 heteroatoms. The predicted molar refractivity (Wildman–Crippen MR) is 57.7 cm³/mol. The zero-order chi connectivity index (χ0) is 13.4. The smallest absolute Gasteiger partial charge is 0.326 e. The van der Waals surface area contributed by atoms with Gasteiger partial charge in [0.1, 0.15) is 6.04 Å². The molecule has 9 nitrogen and oxygen atoms in total. The first-order valence-corrected chi connectivity index (χ1v) is 5.27. The van der Waals surface area contributed by atoms with Crippen molar-refractivity contribution in [2.24, 2.45) is 0 Å². The molecule has 0 spiro atoms. The van der Waals surface area contributed by atoms with Crippen molar-refractivity contribution in [2.75, 3.05) is 13.2 Å². The van der Waals surface area contributed by atoms with Crippen LogP contribution in [0.1, 0.15) is 12.3 Å². The molecule has 0 aliphatic rings. The Labute approximate surface area is 102 Å². The molecule has 1 atom stereocenters. The van der Waals surface area contributed by atoms with Crippen LogP contribution in [0, 0.1) is 0 Å². The van der Waals surface area contributed by atoms with Gasteiger partial charge in [-0.2, -0.15) is 4.98 Å². The Balaban J connectivity index is 2.25. The minimum atomic E-state index is -1.20. The first-order chi connectivity index (χ1) is 8.63. The third-order valence-corrected chi connectivity index (χ3v) is 2.05. The second kappa shape index (κ2) is 7.22. The number of rotatable bonds is 7. The van der Waals surface area contributed by atoms with Crippen LogP contribution in [0.5, 0.6) is 0 Å². The standard InChI is InChI=1S/C9H14N4O5/c14-4-2-6(8(15)16)13-9(17)10-3-1-7-11-5-12-18-7/h5-6,14H,1-4H2,(H,15,16)(H2,10,13,17). The molecule has 0 saturated heterocycles. The molecule has 0 fully saturated rings. The van der Waals surface area contributed by atoms with Crippen LogP contribution < -0.4 is 10.6 Å². The average Bonchev–Trinajstić information content (AvgIpc) is 2.81. The number of hydrogen-bond donors (Lipinski definition) is 4. The van der Waals surface area contributed by atoms with Gasteiger partial charge in [-0.3, -0.25) is 0 Å². The zero-order valence-corrected chi connectivity index (χ0v) is 9.50. The summed E-state index contributed by atoms with van der Waals surface area (Å²) >= 11 is 0. The molecule has 0 aliphatic carbocycles. The molecule has 0 saturated carbocycles. The molecule has 1 aromatic rings. The highest BCUT2D eigenvalue weighted by Crippen LogP contribution is 1.92. The average molecular weight is 258 g/mol. The van der Waals surface area contributed by atoms with Crippen LogP contribution in [0.15, 0.2) is 10.9 Å². The third kappa shape index (κ3) is 4.78. The topological polar surface area (TPSA) is 138 Å². The number of carbonyl (C=O) groups is 2. The summed E-state index contributed by atoms with van der Waals surface area (Å²) in [6.07, 6.45) is 1.55. The Morgan fingerprint density at radius 3 is 2.83 bits per heavy atom. The van der Waals surface area contributed by atoms with Crippen molar-refractivity contribution in [1.29, 1.82) is 0 Å². The van der Waals surface area contributed by atoms with Crippen molar-refractivity contribution < 1.29 is 24.3 Å². The Morgan fingerprint density at radius 2 is 2.28 bits per heavy atom. The summed E-state index contributed by atoms with van der Waals surface area (Å²) < 4.78 is 4.71. The van der Waals surface area contributed by atoms with Gasteiger partial charge in [0, 0.05) is 26.0 Å². The van der Waals surface area contributed by atoms with Gasteiger partial charge in [-0.1, -0.05) is 5.16 Å². The molecule has 2 amide bonds. The molecule has 18 heavy (non-hydrogen) atoms. The highest BCUT2D eigenvalue weighted by atomic mass is 16.5. The van der Waals surface area contributed by atoms with E-state index in [2.05, 4.69) is 20.8 Å². The maximum absolute atomic E-state index is 11.3. The molecule has 100 valence electrons. The maximum Gasteiger partial charge on any atom is 0.326 e. The van der Waals surface area contributed by atoms with E-state index < -0.39 is 18.0 Å². The summed E-state index contributed by atoms with van der Waals surface area (Å²) in [6.45, 7) is -0.0846. The lowest BCUT2D eigenvalue weighted by atomic mass is 10.2. The summed E-state index contributed by atoms with van der Waals surface area (Å²) in [6, 6.07) is -1.74. The fourth-order valence-electron chi connectivity index (χ4n) is 1.18. The summed E-state index contributed by atoms with van der Waals surface area (Å²) in [5, 5.41) is 25.4. The van der Waals surface area contributed by atoms with Gasteiger partial charge in [-0.05, 0) is 0 Å². The molecule has 0 radical (unpaired) electrons. The number of nitrogens with zero attached hydrogens (tertiary/aromatic N) is 2. The van der Waals surface area contributed by atoms with E-state index in [4.69, 9.17) is 14.7 Å². The number of aromatic nitrogens is 2. The third-order valence-electron chi connectivity index (χ3n) is 2.05. The number of amides is 2. The summed E-state index contributed by atoms with van der Waals surface area (Å²) in [5.41, 5.74) is 0. The van der Waals surface area contributed by atoms with Crippen molar-refractivity contribution in [3.8, 4) is 0 Å². The van der Waals surface area contributed by atoms with Crippen molar-refractivity contribution in [3.63, 3.8) is 0 Å². The van der Waals surface area contributed by atoms with Gasteiger partial charge in [0.15, 0.2) is 6.33 Å². The van der Waals surface area contributed by atoms with Crippen LogP contribution >= 0.6 is 0 Å². The highest BCUT2D eigenvalue weighted by molar-refractivity contribution is 5.82. The van der Waals surface area contributed by atoms with E-state index >= 15 is 0 Å². The number of aliphatic hydroxyl groups is 1. The summed E-state index contributed by atoms with van der Waals surface area (Å²) in [7, 11) is 0. The van der Waals surface area contributed by atoms with Crippen LogP contribution in [0.2, 0.25) is 0 Å². The minimum absolute atomic E-state index is 0.0492. The number of carboxylic acids is 1. The van der Waals surface area contributed by atoms with E-state index in [1.165, 1.54) is 6.33 Å². The molecular weight excluding hydrogens is 244 g/mol. The van der Waals surface area contributed by atoms with Gasteiger partial charge in [-0.25, -0.2) is 9.59 Å². The quantitative estimate of drug-likeness (QED) is 0.479. The second-order valence-corrected chi connectivity index (χ2v) is 3.39. The van der Waals surface area contributed by atoms with Gasteiger partial charge >= 0.3 is 12.0 Å². The summed E-state index contributed by atoms with van der Waals surface area (Å²) in [5.74, 6) is -0.823. The largest absolute Gasteiger partial charge is 0.480 e. The molecule has 1 rings (SSSR count). The maximum atomic E-state index is 11.3. The lowest BCUT2D eigenvalue weighted by Crippen LogP contribution is -2.46. The molecule has 0 aliphatic heterocycles. The Bertz CT molecular complexity index is 380. The monoisotopic (exact) mass is 258 g/mol. The first kappa shape index (κ1) is 13.9. The minimum Gasteiger partial charge on any atom is -0.480 e. The lowest BCUT2D eigenvalue weighted by molar-refractivity contribution is -0.139. The van der Waals surface area contributed by atoms with Gasteiger partial charge in [0.05, 0.1) is 0 Å². The number of aliphatic hydroxyl groups excluding tert-OH is 1. The number of urea groups is 1. The fraction of sp³-hybridized carbons (Fsp3) is 0.556. The van der Waals surface area contributed by atoms with Crippen LogP contribution in [-0.2, 0) is 11.2 Å². The first-order valence-electron chi connectivity index (χ1n) is 5.27. The van der Waals surface area contributed by atoms with Gasteiger partial charge < -0.3 is 25.4 Å². The molecule has 1 aromatic heterocycles. The van der Waals surface area contributed by atoms with Crippen LogP contribution in [-0.4, -0.2) is 51.5 Å². The lowest BCUT2D eigenvalue weighted by Gasteiger charge is -2.13. The molecule has 0 aromatic carbocycles. The van der Waals surface area contributed by atoms with Crippen molar-refractivity contribution in [1.82, 2.24) is 20.8 Å². The van der Waals surface area contributed by atoms with Gasteiger partial charge in [0.25, 0.3) is 0 Å². The molecule has 4 N–H and O–H groups in total. The Morgan fingerprint density at radius 1 is 1.50 bits per heavy atom. The summed E-state index contributed by atoms with van der Waals surface area (Å²) in [4.78, 5) is 25.8. The van der Waals surface area contributed by atoms with E-state index in [0.29, 0.717) is 12.3 Å². The number of hydrogen-bond acceptors (Lipinski definition) is 6. The SMILES string of the molecule is O=C(NCCc1ncno1)NC(CCO)C(=O)O. The number of carbonyl (C=O) groups excluding carboxylic acids is 1. The van der Waals surface area contributed by atoms with Gasteiger partial charge in [0.2, 0.25) is 5.89 Å². The van der Waals surface area contributed by atoms with E-state index in [0.717, 1.165) is 0 Å². The number of carboxylic acid groups (broad SMARTS) is 1. The van der Waals surface area contributed by atoms with E-state index in [1.807, 2.05) is 0 Å². The fourth-order valence-corrected chi connectivity index (χ4v) is 1.18. The molecule has 1 unspecified atom stereocenters. The molecule has 0 bridgehead atoms. The van der Waals surface area contributed by atoms with E-state index in [-0.39, 0.29) is 19.6 Å². The van der Waals surface area contributed by atoms with Gasteiger partial charge in [-0.15, -0.1) is 0 Å². The molecular formula is C9H14N4O5. The van der Waals surface area contributed by atoms with Crippen LogP contribution in [0.4, 0.5) is 4.79 Å². The second-order valence-electron chi connectivity index (χ2n) is 3.39. The van der Waals surface area contributed by atoms with Crippen LogP contribution in [0.3, 0.4) is 0 Å². The predicted octanol–water partition coefficient (Wildman–Crippen LogP) is -1.25. The van der Waals surface area contributed by atoms with Crippen LogP contribution in [0.25, 0.3) is 0 Å². The zero-order valence-electron chi connectivity index (χ0n) is 9.50. The normalized spacial score (nSPS) is 11.8. The van der Waals surface area contributed by atoms with Crippen molar-refractivity contribution in [3.05, 3.63) is 12.2 Å². The Kier molecular flexibility index (Phi) is 5.58. The van der Waals surface area contributed by atoms with Crippen molar-refractivity contribution in [2.45, 2.75) is 18.9 Å². The number of nitrogens with one attached hydrogen (secondary N) is 2. The Hall–Kier alpha value is -2.16. The van der Waals surface area contributed by atoms with E-state index in [9.17, 15) is 9.59 Å². The van der Waals surface area contributed by atoms with E-state index in [1.54, 1.807) is 0 Å². The number of aliphatic carboxylic acids is 1. The van der Waals surface area contributed by atoms with Crippen molar-refractivity contribution >= 4 is 12.0 Å². The molecule has 1 heterocycles.